The Morgan fingerprint density at radius 3 is 2.32 bits per heavy atom. The van der Waals surface area contributed by atoms with Gasteiger partial charge in [-0.25, -0.2) is 0 Å². The van der Waals surface area contributed by atoms with E-state index in [4.69, 9.17) is 14.7 Å². The number of rotatable bonds is 10. The van der Waals surface area contributed by atoms with Crippen LogP contribution in [0.25, 0.3) is 0 Å². The molecule has 8 heteroatoms. The summed E-state index contributed by atoms with van der Waals surface area (Å²) in [5.41, 5.74) is 1.01. The average Bonchev–Trinajstić information content (AvgIpc) is 2.90. The van der Waals surface area contributed by atoms with Gasteiger partial charge in [0.1, 0.15) is 0 Å². The Hall–Kier alpha value is -2.47. The highest BCUT2D eigenvalue weighted by molar-refractivity contribution is 5.94. The van der Waals surface area contributed by atoms with Crippen molar-refractivity contribution in [2.24, 2.45) is 29.1 Å². The highest BCUT2D eigenvalue weighted by Crippen LogP contribution is 2.55. The Balaban J connectivity index is 1.72. The predicted molar refractivity (Wildman–Crippen MR) is 141 cm³/mol. The van der Waals surface area contributed by atoms with E-state index in [1.54, 1.807) is 43.4 Å². The predicted octanol–water partition coefficient (Wildman–Crippen LogP) is 3.24. The monoisotopic (exact) mass is 513 g/mol. The summed E-state index contributed by atoms with van der Waals surface area (Å²) >= 11 is 0. The van der Waals surface area contributed by atoms with Crippen molar-refractivity contribution in [2.45, 2.75) is 58.6 Å². The van der Waals surface area contributed by atoms with Crippen LogP contribution in [0.5, 0.6) is 0 Å². The lowest BCUT2D eigenvalue weighted by atomic mass is 9.51. The molecule has 1 unspecified atom stereocenters. The molecule has 0 aliphatic heterocycles. The van der Waals surface area contributed by atoms with E-state index in [-0.39, 0.29) is 46.9 Å². The van der Waals surface area contributed by atoms with Crippen LogP contribution in [-0.2, 0) is 14.3 Å². The molecule has 204 valence electrons. The minimum atomic E-state index is -0.631. The third kappa shape index (κ3) is 6.51. The van der Waals surface area contributed by atoms with Gasteiger partial charge in [0.25, 0.3) is 5.91 Å². The van der Waals surface area contributed by atoms with Crippen LogP contribution in [0.15, 0.2) is 24.3 Å². The maximum atomic E-state index is 13.5. The van der Waals surface area contributed by atoms with Crippen molar-refractivity contribution in [3.05, 3.63) is 35.4 Å². The van der Waals surface area contributed by atoms with Gasteiger partial charge in [0.2, 0.25) is 5.91 Å². The number of hydrogen-bond donors (Lipinski definition) is 2. The molecule has 2 aliphatic rings. The van der Waals surface area contributed by atoms with Crippen molar-refractivity contribution in [3.63, 3.8) is 0 Å². The van der Waals surface area contributed by atoms with Crippen LogP contribution in [-0.4, -0.2) is 74.5 Å². The first-order chi connectivity index (χ1) is 17.7. The Morgan fingerprint density at radius 2 is 1.76 bits per heavy atom. The van der Waals surface area contributed by atoms with Gasteiger partial charge in [-0.1, -0.05) is 20.8 Å². The molecule has 7 atom stereocenters. The van der Waals surface area contributed by atoms with E-state index in [1.165, 1.54) is 0 Å². The average molecular weight is 514 g/mol. The second-order valence-electron chi connectivity index (χ2n) is 11.1. The van der Waals surface area contributed by atoms with Crippen LogP contribution in [0.4, 0.5) is 0 Å². The summed E-state index contributed by atoms with van der Waals surface area (Å²) in [6.45, 7) is 8.19. The molecule has 37 heavy (non-hydrogen) atoms. The van der Waals surface area contributed by atoms with E-state index < -0.39 is 6.10 Å². The Morgan fingerprint density at radius 1 is 1.16 bits per heavy atom. The highest BCUT2D eigenvalue weighted by Gasteiger charge is 2.54. The largest absolute Gasteiger partial charge is 0.392 e. The number of hydrogen-bond acceptors (Lipinski definition) is 6. The van der Waals surface area contributed by atoms with Crippen molar-refractivity contribution in [1.82, 2.24) is 10.2 Å². The van der Waals surface area contributed by atoms with Crippen LogP contribution >= 0.6 is 0 Å². The van der Waals surface area contributed by atoms with Crippen LogP contribution in [0.1, 0.15) is 62.4 Å². The maximum Gasteiger partial charge on any atom is 0.251 e. The molecule has 2 fully saturated rings. The fraction of sp³-hybridized carbons (Fsp3) is 0.690. The normalized spacial score (nSPS) is 30.0. The number of fused-ring (bicyclic) bond motifs is 1. The SMILES string of the molecule is COCCN(CCOC)C(=O)[C@@H](C)C1CC[C@@]2(C)CC[C@H](NC(=O)c3ccc(C#N)cc3)[C@@H](C)[C@@H]2[C@H]1O. The molecule has 8 nitrogen and oxygen atoms in total. The van der Waals surface area contributed by atoms with Gasteiger partial charge in [-0.3, -0.25) is 9.59 Å². The van der Waals surface area contributed by atoms with Crippen molar-refractivity contribution >= 4 is 11.8 Å². The third-order valence-corrected chi connectivity index (χ3v) is 8.95. The van der Waals surface area contributed by atoms with Gasteiger partial charge in [-0.05, 0) is 73.1 Å². The smallest absolute Gasteiger partial charge is 0.251 e. The minimum absolute atomic E-state index is 0.0204. The highest BCUT2D eigenvalue weighted by atomic mass is 16.5. The topological polar surface area (TPSA) is 112 Å². The first kappa shape index (κ1) is 29.1. The van der Waals surface area contributed by atoms with Crippen molar-refractivity contribution < 1.29 is 24.2 Å². The quantitative estimate of drug-likeness (QED) is 0.497. The lowest BCUT2D eigenvalue weighted by molar-refractivity contribution is -0.151. The molecule has 1 aromatic carbocycles. The van der Waals surface area contributed by atoms with Gasteiger partial charge < -0.3 is 24.8 Å². The van der Waals surface area contributed by atoms with Gasteiger partial charge in [0.05, 0.1) is 31.0 Å². The van der Waals surface area contributed by atoms with Crippen LogP contribution < -0.4 is 5.32 Å². The molecule has 3 rings (SSSR count). The molecule has 2 saturated carbocycles. The standard InChI is InChI=1S/C29H43N3O5/c1-19(28(35)32(14-16-36-4)15-17-37-5)23-10-12-29(3)13-11-24(20(2)25(29)26(23)33)31-27(34)22-8-6-21(18-30)7-9-22/h6-9,19-20,23-26,33H,10-17H2,1-5H3,(H,31,34)/t19-,20+,23?,24-,25+,26-,29-/m0/s1. The molecule has 2 amide bonds. The van der Waals surface area contributed by atoms with Crippen molar-refractivity contribution in [3.8, 4) is 6.07 Å². The Kier molecular flexibility index (Phi) is 10.1. The molecule has 2 aliphatic carbocycles. The van der Waals surface area contributed by atoms with Crippen LogP contribution in [0.3, 0.4) is 0 Å². The number of ether oxygens (including phenoxy) is 2. The van der Waals surface area contributed by atoms with Gasteiger partial charge in [0, 0.05) is 44.8 Å². The van der Waals surface area contributed by atoms with Crippen molar-refractivity contribution in [2.75, 3.05) is 40.5 Å². The first-order valence-corrected chi connectivity index (χ1v) is 13.4. The molecule has 0 heterocycles. The van der Waals surface area contributed by atoms with E-state index >= 15 is 0 Å². The molecule has 0 radical (unpaired) electrons. The lowest BCUT2D eigenvalue weighted by Crippen LogP contribution is -2.58. The summed E-state index contributed by atoms with van der Waals surface area (Å²) in [4.78, 5) is 28.2. The molecular weight excluding hydrogens is 470 g/mol. The van der Waals surface area contributed by atoms with Gasteiger partial charge in [-0.15, -0.1) is 0 Å². The maximum absolute atomic E-state index is 13.5. The Bertz CT molecular complexity index is 953. The van der Waals surface area contributed by atoms with Gasteiger partial charge in [0.15, 0.2) is 0 Å². The molecular formula is C29H43N3O5. The van der Waals surface area contributed by atoms with Gasteiger partial charge >= 0.3 is 0 Å². The number of nitrogens with zero attached hydrogens (tertiary/aromatic N) is 2. The van der Waals surface area contributed by atoms with E-state index in [2.05, 4.69) is 25.2 Å². The minimum Gasteiger partial charge on any atom is -0.392 e. The summed E-state index contributed by atoms with van der Waals surface area (Å²) in [6, 6.07) is 8.63. The second kappa shape index (κ2) is 12.9. The number of carbonyl (C=O) groups is 2. The van der Waals surface area contributed by atoms with E-state index in [9.17, 15) is 14.7 Å². The Labute approximate surface area is 221 Å². The number of aliphatic hydroxyl groups excluding tert-OH is 1. The zero-order chi connectivity index (χ0) is 27.2. The second-order valence-corrected chi connectivity index (χ2v) is 11.1. The summed E-state index contributed by atoms with van der Waals surface area (Å²) in [5, 5.41) is 23.9. The number of carbonyl (C=O) groups excluding carboxylic acids is 2. The molecule has 1 aromatic rings. The first-order valence-electron chi connectivity index (χ1n) is 13.4. The lowest BCUT2D eigenvalue weighted by Gasteiger charge is -2.56. The summed E-state index contributed by atoms with van der Waals surface area (Å²) in [6.07, 6.45) is 2.89. The summed E-state index contributed by atoms with van der Waals surface area (Å²) in [7, 11) is 3.24. The van der Waals surface area contributed by atoms with Crippen LogP contribution in [0.2, 0.25) is 0 Å². The zero-order valence-electron chi connectivity index (χ0n) is 22.9. The summed E-state index contributed by atoms with van der Waals surface area (Å²) in [5.74, 6) is -0.576. The number of aliphatic hydroxyl groups is 1. The zero-order valence-corrected chi connectivity index (χ0v) is 22.9. The van der Waals surface area contributed by atoms with E-state index in [1.807, 2.05) is 6.92 Å². The number of methoxy groups -OCH3 is 2. The van der Waals surface area contributed by atoms with Gasteiger partial charge in [-0.2, -0.15) is 5.26 Å². The fourth-order valence-corrected chi connectivity index (χ4v) is 6.65. The molecule has 2 N–H and O–H groups in total. The number of nitrogens with one attached hydrogen (secondary N) is 1. The van der Waals surface area contributed by atoms with Crippen molar-refractivity contribution in [1.29, 1.82) is 5.26 Å². The van der Waals surface area contributed by atoms with E-state index in [0.717, 1.165) is 25.7 Å². The molecule has 0 aromatic heterocycles. The van der Waals surface area contributed by atoms with Crippen LogP contribution in [0, 0.1) is 40.4 Å². The number of benzene rings is 1. The molecule has 0 bridgehead atoms. The fourth-order valence-electron chi connectivity index (χ4n) is 6.65. The molecule has 0 saturated heterocycles. The van der Waals surface area contributed by atoms with E-state index in [0.29, 0.717) is 37.4 Å². The number of nitriles is 1. The third-order valence-electron chi connectivity index (χ3n) is 8.95. The summed E-state index contributed by atoms with van der Waals surface area (Å²) < 4.78 is 10.4. The molecule has 0 spiro atoms. The number of amides is 2.